The third-order valence-electron chi connectivity index (χ3n) is 3.72. The molecule has 1 aromatic rings. The molecule has 2 atom stereocenters. The maximum absolute atomic E-state index is 12.2. The monoisotopic (exact) mass is 382 g/mol. The predicted octanol–water partition coefficient (Wildman–Crippen LogP) is 2.00. The molecule has 7 heteroatoms. The molecule has 0 bridgehead atoms. The van der Waals surface area contributed by atoms with Crippen LogP contribution in [0.2, 0.25) is 0 Å². The van der Waals surface area contributed by atoms with E-state index in [1.54, 1.807) is 0 Å². The van der Waals surface area contributed by atoms with Crippen LogP contribution in [0.4, 0.5) is 0 Å². The fraction of sp³-hybridized carbons (Fsp3) is 0.438. The molecule has 1 fully saturated rings. The van der Waals surface area contributed by atoms with Gasteiger partial charge in [0, 0.05) is 11.4 Å². The van der Waals surface area contributed by atoms with Gasteiger partial charge in [-0.1, -0.05) is 28.1 Å². The normalized spacial score (nSPS) is 16.3. The topological polar surface area (TPSA) is 95.5 Å². The van der Waals surface area contributed by atoms with E-state index in [0.29, 0.717) is 0 Å². The Morgan fingerprint density at radius 1 is 1.22 bits per heavy atom. The number of aliphatic carboxylic acids is 1. The summed E-state index contributed by atoms with van der Waals surface area (Å²) in [6, 6.07) is 5.94. The van der Waals surface area contributed by atoms with Gasteiger partial charge in [0.25, 0.3) is 0 Å². The maximum Gasteiger partial charge on any atom is 0.326 e. The van der Waals surface area contributed by atoms with E-state index in [1.165, 1.54) is 6.92 Å². The highest BCUT2D eigenvalue weighted by molar-refractivity contribution is 9.10. The molecule has 0 heterocycles. The van der Waals surface area contributed by atoms with E-state index < -0.39 is 18.1 Å². The first-order valence-corrected chi connectivity index (χ1v) is 8.21. The molecule has 23 heavy (non-hydrogen) atoms. The maximum atomic E-state index is 12.2. The Labute approximate surface area is 142 Å². The Bertz CT molecular complexity index is 599. The van der Waals surface area contributed by atoms with E-state index in [-0.39, 0.29) is 24.2 Å². The molecule has 124 valence electrons. The van der Waals surface area contributed by atoms with Crippen molar-refractivity contribution in [2.24, 2.45) is 5.92 Å². The minimum absolute atomic E-state index is 0.00227. The van der Waals surface area contributed by atoms with Crippen molar-refractivity contribution in [3.05, 3.63) is 34.3 Å². The van der Waals surface area contributed by atoms with Crippen LogP contribution in [0.5, 0.6) is 0 Å². The number of nitrogens with one attached hydrogen (secondary N) is 2. The average Bonchev–Trinajstić information content (AvgIpc) is 3.28. The molecule has 2 rings (SSSR count). The predicted molar refractivity (Wildman–Crippen MR) is 87.6 cm³/mol. The highest BCUT2D eigenvalue weighted by atomic mass is 79.9. The standard InChI is InChI=1S/C16H19BrN2O4/c1-9(20)18-13(10-4-6-12(17)7-5-10)8-14(21)19-15(16(22)23)11-2-3-11/h4-7,11,13,15H,2-3,8H2,1H3,(H,18,20)(H,19,21)(H,22,23). The van der Waals surface area contributed by atoms with E-state index in [9.17, 15) is 14.4 Å². The van der Waals surface area contributed by atoms with Crippen LogP contribution in [0.25, 0.3) is 0 Å². The molecule has 0 radical (unpaired) electrons. The number of rotatable bonds is 7. The molecule has 3 N–H and O–H groups in total. The second-order valence-electron chi connectivity index (χ2n) is 5.73. The van der Waals surface area contributed by atoms with Crippen LogP contribution in [0, 0.1) is 5.92 Å². The van der Waals surface area contributed by atoms with E-state index in [1.807, 2.05) is 24.3 Å². The summed E-state index contributed by atoms with van der Waals surface area (Å²) in [7, 11) is 0. The zero-order chi connectivity index (χ0) is 17.0. The van der Waals surface area contributed by atoms with E-state index in [4.69, 9.17) is 5.11 Å². The van der Waals surface area contributed by atoms with E-state index in [0.717, 1.165) is 22.9 Å². The third kappa shape index (κ3) is 5.35. The van der Waals surface area contributed by atoms with Crippen molar-refractivity contribution < 1.29 is 19.5 Å². The Balaban J connectivity index is 2.04. The third-order valence-corrected chi connectivity index (χ3v) is 4.24. The smallest absolute Gasteiger partial charge is 0.326 e. The summed E-state index contributed by atoms with van der Waals surface area (Å²) in [6.07, 6.45) is 1.63. The van der Waals surface area contributed by atoms with Crippen LogP contribution in [0.15, 0.2) is 28.7 Å². The summed E-state index contributed by atoms with van der Waals surface area (Å²) in [4.78, 5) is 34.8. The van der Waals surface area contributed by atoms with Crippen LogP contribution < -0.4 is 10.6 Å². The highest BCUT2D eigenvalue weighted by Gasteiger charge is 2.37. The zero-order valence-electron chi connectivity index (χ0n) is 12.7. The summed E-state index contributed by atoms with van der Waals surface area (Å²) in [5.74, 6) is -1.63. The molecular formula is C16H19BrN2O4. The van der Waals surface area contributed by atoms with E-state index in [2.05, 4.69) is 26.6 Å². The zero-order valence-corrected chi connectivity index (χ0v) is 14.3. The summed E-state index contributed by atoms with van der Waals surface area (Å²) < 4.78 is 0.895. The first-order chi connectivity index (χ1) is 10.9. The quantitative estimate of drug-likeness (QED) is 0.671. The van der Waals surface area contributed by atoms with Crippen LogP contribution in [-0.4, -0.2) is 28.9 Å². The Morgan fingerprint density at radius 3 is 2.30 bits per heavy atom. The number of hydrogen-bond donors (Lipinski definition) is 3. The number of carboxylic acid groups (broad SMARTS) is 1. The van der Waals surface area contributed by atoms with Gasteiger partial charge in [-0.2, -0.15) is 0 Å². The lowest BCUT2D eigenvalue weighted by Gasteiger charge is -2.20. The van der Waals surface area contributed by atoms with Gasteiger partial charge in [0.05, 0.1) is 12.5 Å². The first kappa shape index (κ1) is 17.5. The SMILES string of the molecule is CC(=O)NC(CC(=O)NC(C(=O)O)C1CC1)c1ccc(Br)cc1. The molecule has 1 aromatic carbocycles. The lowest BCUT2D eigenvalue weighted by atomic mass is 10.0. The fourth-order valence-electron chi connectivity index (χ4n) is 2.42. The fourth-order valence-corrected chi connectivity index (χ4v) is 2.69. The van der Waals surface area contributed by atoms with Crippen LogP contribution in [-0.2, 0) is 14.4 Å². The lowest BCUT2D eigenvalue weighted by Crippen LogP contribution is -2.43. The molecule has 1 aliphatic carbocycles. The molecule has 6 nitrogen and oxygen atoms in total. The molecule has 0 aromatic heterocycles. The lowest BCUT2D eigenvalue weighted by molar-refractivity contribution is -0.142. The van der Waals surface area contributed by atoms with Gasteiger partial charge < -0.3 is 15.7 Å². The molecule has 1 saturated carbocycles. The Morgan fingerprint density at radius 2 is 1.83 bits per heavy atom. The molecule has 0 spiro atoms. The van der Waals surface area contributed by atoms with Gasteiger partial charge in [-0.25, -0.2) is 4.79 Å². The Kier molecular flexibility index (Phi) is 5.76. The summed E-state index contributed by atoms with van der Waals surface area (Å²) >= 11 is 3.34. The molecule has 1 aliphatic rings. The number of halogens is 1. The molecule has 0 aliphatic heterocycles. The Hall–Kier alpha value is -1.89. The van der Waals surface area contributed by atoms with Crippen molar-refractivity contribution in [2.75, 3.05) is 0 Å². The molecular weight excluding hydrogens is 364 g/mol. The van der Waals surface area contributed by atoms with Crippen LogP contribution in [0.3, 0.4) is 0 Å². The van der Waals surface area contributed by atoms with Crippen molar-refractivity contribution in [2.45, 2.75) is 38.3 Å². The average molecular weight is 383 g/mol. The highest BCUT2D eigenvalue weighted by Crippen LogP contribution is 2.33. The van der Waals surface area contributed by atoms with Gasteiger partial charge >= 0.3 is 5.97 Å². The minimum atomic E-state index is -1.01. The second kappa shape index (κ2) is 7.59. The summed E-state index contributed by atoms with van der Waals surface area (Å²) in [5, 5.41) is 14.5. The molecule has 2 amide bonds. The van der Waals surface area contributed by atoms with Crippen LogP contribution >= 0.6 is 15.9 Å². The number of hydrogen-bond acceptors (Lipinski definition) is 3. The van der Waals surface area contributed by atoms with Crippen molar-refractivity contribution in [1.29, 1.82) is 0 Å². The number of carbonyl (C=O) groups excluding carboxylic acids is 2. The number of benzene rings is 1. The summed E-state index contributed by atoms with van der Waals surface area (Å²) in [5.41, 5.74) is 0.789. The van der Waals surface area contributed by atoms with Gasteiger partial charge in [-0.15, -0.1) is 0 Å². The second-order valence-corrected chi connectivity index (χ2v) is 6.65. The van der Waals surface area contributed by atoms with Gasteiger partial charge in [-0.05, 0) is 36.5 Å². The largest absolute Gasteiger partial charge is 0.480 e. The summed E-state index contributed by atoms with van der Waals surface area (Å²) in [6.45, 7) is 1.38. The van der Waals surface area contributed by atoms with Crippen molar-refractivity contribution in [3.63, 3.8) is 0 Å². The van der Waals surface area contributed by atoms with E-state index >= 15 is 0 Å². The number of amides is 2. The van der Waals surface area contributed by atoms with Gasteiger partial charge in [0.15, 0.2) is 0 Å². The van der Waals surface area contributed by atoms with Crippen molar-refractivity contribution in [3.8, 4) is 0 Å². The van der Waals surface area contributed by atoms with Crippen molar-refractivity contribution >= 4 is 33.7 Å². The van der Waals surface area contributed by atoms with Gasteiger partial charge in [0.2, 0.25) is 11.8 Å². The number of carbonyl (C=O) groups is 3. The molecule has 0 saturated heterocycles. The van der Waals surface area contributed by atoms with Crippen molar-refractivity contribution in [1.82, 2.24) is 10.6 Å². The van der Waals surface area contributed by atoms with Gasteiger partial charge in [-0.3, -0.25) is 9.59 Å². The molecule has 2 unspecified atom stereocenters. The first-order valence-electron chi connectivity index (χ1n) is 7.41. The number of carboxylic acids is 1. The van der Waals surface area contributed by atoms with Gasteiger partial charge in [0.1, 0.15) is 6.04 Å². The van der Waals surface area contributed by atoms with Crippen LogP contribution in [0.1, 0.15) is 37.8 Å². The minimum Gasteiger partial charge on any atom is -0.480 e.